The third kappa shape index (κ3) is 3.19. The van der Waals surface area contributed by atoms with E-state index in [-0.39, 0.29) is 16.4 Å². The summed E-state index contributed by atoms with van der Waals surface area (Å²) in [7, 11) is -3.80. The Bertz CT molecular complexity index is 782. The van der Waals surface area contributed by atoms with E-state index in [0.717, 1.165) is 0 Å². The van der Waals surface area contributed by atoms with Gasteiger partial charge in [-0.3, -0.25) is 14.8 Å². The van der Waals surface area contributed by atoms with Gasteiger partial charge in [-0.25, -0.2) is 4.98 Å². The van der Waals surface area contributed by atoms with E-state index in [1.807, 2.05) is 6.92 Å². The number of imidazole rings is 1. The van der Waals surface area contributed by atoms with Gasteiger partial charge in [-0.2, -0.15) is 8.42 Å². The van der Waals surface area contributed by atoms with Crippen LogP contribution in [0.4, 0.5) is 11.4 Å². The molecule has 0 saturated carbocycles. The summed E-state index contributed by atoms with van der Waals surface area (Å²) in [4.78, 5) is 16.8. The maximum atomic E-state index is 12.2. The lowest BCUT2D eigenvalue weighted by Gasteiger charge is -2.08. The maximum Gasteiger partial charge on any atom is 0.278 e. The number of aromatic amines is 1. The Kier molecular flexibility index (Phi) is 3.94. The van der Waals surface area contributed by atoms with Crippen LogP contribution in [-0.2, 0) is 16.4 Å². The summed E-state index contributed by atoms with van der Waals surface area (Å²) >= 11 is 0. The van der Waals surface area contributed by atoms with Crippen molar-refractivity contribution >= 4 is 21.4 Å². The highest BCUT2D eigenvalue weighted by atomic mass is 32.2. The van der Waals surface area contributed by atoms with Gasteiger partial charge in [-0.05, 0) is 18.6 Å². The summed E-state index contributed by atoms with van der Waals surface area (Å²) in [5.41, 5.74) is 0.654. The number of aryl methyl sites for hydroxylation is 2. The number of sulfonamides is 1. The maximum absolute atomic E-state index is 12.2. The number of benzene rings is 1. The molecule has 0 aliphatic heterocycles. The average Bonchev–Trinajstić information content (AvgIpc) is 2.90. The predicted octanol–water partition coefficient (Wildman–Crippen LogP) is 1.99. The van der Waals surface area contributed by atoms with Crippen molar-refractivity contribution in [3.8, 4) is 0 Å². The highest BCUT2D eigenvalue weighted by Crippen LogP contribution is 2.23. The molecule has 0 aliphatic carbocycles. The Morgan fingerprint density at radius 2 is 2.14 bits per heavy atom. The number of hydrogen-bond acceptors (Lipinski definition) is 5. The van der Waals surface area contributed by atoms with Crippen molar-refractivity contribution in [1.82, 2.24) is 9.97 Å². The first kappa shape index (κ1) is 15.0. The number of anilines is 1. The Morgan fingerprint density at radius 1 is 1.43 bits per heavy atom. The minimum atomic E-state index is -3.80. The van der Waals surface area contributed by atoms with Crippen molar-refractivity contribution in [3.63, 3.8) is 0 Å². The summed E-state index contributed by atoms with van der Waals surface area (Å²) < 4.78 is 26.8. The van der Waals surface area contributed by atoms with Gasteiger partial charge >= 0.3 is 0 Å². The van der Waals surface area contributed by atoms with E-state index >= 15 is 0 Å². The molecule has 112 valence electrons. The molecule has 2 N–H and O–H groups in total. The molecule has 0 amide bonds. The van der Waals surface area contributed by atoms with Crippen LogP contribution in [0, 0.1) is 17.0 Å². The van der Waals surface area contributed by atoms with Crippen LogP contribution in [-0.4, -0.2) is 23.3 Å². The zero-order valence-electron chi connectivity index (χ0n) is 11.5. The second-order valence-electron chi connectivity index (χ2n) is 4.41. The van der Waals surface area contributed by atoms with E-state index in [1.54, 1.807) is 6.92 Å². The largest absolute Gasteiger partial charge is 0.332 e. The van der Waals surface area contributed by atoms with E-state index in [2.05, 4.69) is 14.7 Å². The summed E-state index contributed by atoms with van der Waals surface area (Å²) in [5, 5.41) is 10.6. The molecule has 0 saturated heterocycles. The van der Waals surface area contributed by atoms with Crippen molar-refractivity contribution < 1.29 is 13.3 Å². The molecular formula is C12H14N4O4S. The highest BCUT2D eigenvalue weighted by molar-refractivity contribution is 7.92. The first-order valence-corrected chi connectivity index (χ1v) is 7.63. The fraction of sp³-hybridized carbons (Fsp3) is 0.250. The van der Waals surface area contributed by atoms with Crippen LogP contribution in [0.25, 0.3) is 0 Å². The Labute approximate surface area is 121 Å². The number of rotatable bonds is 5. The molecule has 0 aliphatic rings. The zero-order valence-corrected chi connectivity index (χ0v) is 12.3. The number of non-ortho nitro benzene ring substituents is 1. The molecule has 1 aromatic carbocycles. The van der Waals surface area contributed by atoms with Crippen molar-refractivity contribution in [2.45, 2.75) is 25.3 Å². The lowest BCUT2D eigenvalue weighted by Crippen LogP contribution is -2.14. The second-order valence-corrected chi connectivity index (χ2v) is 6.06. The lowest BCUT2D eigenvalue weighted by atomic mass is 10.2. The first-order valence-electron chi connectivity index (χ1n) is 6.15. The monoisotopic (exact) mass is 310 g/mol. The minimum Gasteiger partial charge on any atom is -0.332 e. The molecule has 0 fully saturated rings. The summed E-state index contributed by atoms with van der Waals surface area (Å²) in [5.74, 6) is 0.566. The molecule has 2 rings (SSSR count). The first-order chi connectivity index (χ1) is 9.83. The SMILES string of the molecule is CCc1ncc(S(=O)(=O)Nc2ccc([N+](=O)[O-])cc2C)[nH]1. The van der Waals surface area contributed by atoms with Gasteiger partial charge in [0.05, 0.1) is 16.8 Å². The van der Waals surface area contributed by atoms with Crippen LogP contribution < -0.4 is 4.72 Å². The van der Waals surface area contributed by atoms with Crippen molar-refractivity contribution in [3.05, 3.63) is 45.9 Å². The lowest BCUT2D eigenvalue weighted by molar-refractivity contribution is -0.384. The standard InChI is InChI=1S/C12H14N4O4S/c1-3-11-13-7-12(14-11)21(19,20)15-10-5-4-9(16(17)18)6-8(10)2/h4-7,15H,3H2,1-2H3,(H,13,14). The molecule has 8 nitrogen and oxygen atoms in total. The molecule has 0 spiro atoms. The number of aromatic nitrogens is 2. The molecule has 0 atom stereocenters. The number of nitrogens with zero attached hydrogens (tertiary/aromatic N) is 2. The number of H-pyrrole nitrogens is 1. The molecule has 0 unspecified atom stereocenters. The van der Waals surface area contributed by atoms with Gasteiger partial charge in [-0.1, -0.05) is 6.92 Å². The molecule has 2 aromatic rings. The average molecular weight is 310 g/mol. The number of nitro groups is 1. The topological polar surface area (TPSA) is 118 Å². The molecular weight excluding hydrogens is 296 g/mol. The predicted molar refractivity (Wildman–Crippen MR) is 76.6 cm³/mol. The number of nitrogens with one attached hydrogen (secondary N) is 2. The van der Waals surface area contributed by atoms with E-state index in [1.165, 1.54) is 24.4 Å². The Morgan fingerprint density at radius 3 is 2.67 bits per heavy atom. The third-order valence-corrected chi connectivity index (χ3v) is 4.17. The smallest absolute Gasteiger partial charge is 0.278 e. The van der Waals surface area contributed by atoms with E-state index in [4.69, 9.17) is 0 Å². The molecule has 0 bridgehead atoms. The minimum absolute atomic E-state index is 0.0443. The molecule has 9 heteroatoms. The van der Waals surface area contributed by atoms with E-state index < -0.39 is 14.9 Å². The fourth-order valence-electron chi connectivity index (χ4n) is 1.74. The van der Waals surface area contributed by atoms with Gasteiger partial charge in [0.15, 0.2) is 5.03 Å². The van der Waals surface area contributed by atoms with Gasteiger partial charge < -0.3 is 4.98 Å². The van der Waals surface area contributed by atoms with Crippen LogP contribution in [0.1, 0.15) is 18.3 Å². The van der Waals surface area contributed by atoms with Gasteiger partial charge in [0, 0.05) is 18.6 Å². The number of nitro benzene ring substituents is 1. The van der Waals surface area contributed by atoms with Crippen LogP contribution in [0.3, 0.4) is 0 Å². The summed E-state index contributed by atoms with van der Waals surface area (Å²) in [6.45, 7) is 3.44. The van der Waals surface area contributed by atoms with Gasteiger partial charge in [0.1, 0.15) is 5.82 Å². The summed E-state index contributed by atoms with van der Waals surface area (Å²) in [6, 6.07) is 3.92. The fourth-order valence-corrected chi connectivity index (χ4v) is 2.81. The highest BCUT2D eigenvalue weighted by Gasteiger charge is 2.19. The van der Waals surface area contributed by atoms with Gasteiger partial charge in [-0.15, -0.1) is 0 Å². The third-order valence-electron chi connectivity index (χ3n) is 2.89. The van der Waals surface area contributed by atoms with E-state index in [0.29, 0.717) is 17.8 Å². The summed E-state index contributed by atoms with van der Waals surface area (Å²) in [6.07, 6.45) is 1.83. The molecule has 1 aromatic heterocycles. The van der Waals surface area contributed by atoms with Crippen molar-refractivity contribution in [1.29, 1.82) is 0 Å². The Balaban J connectivity index is 2.30. The van der Waals surface area contributed by atoms with Crippen LogP contribution in [0.2, 0.25) is 0 Å². The zero-order chi connectivity index (χ0) is 15.6. The molecule has 0 radical (unpaired) electrons. The second kappa shape index (κ2) is 5.52. The normalized spacial score (nSPS) is 11.3. The number of hydrogen-bond donors (Lipinski definition) is 2. The van der Waals surface area contributed by atoms with E-state index in [9.17, 15) is 18.5 Å². The van der Waals surface area contributed by atoms with Gasteiger partial charge in [0.25, 0.3) is 15.7 Å². The molecule has 1 heterocycles. The van der Waals surface area contributed by atoms with Crippen molar-refractivity contribution in [2.75, 3.05) is 4.72 Å². The van der Waals surface area contributed by atoms with Crippen LogP contribution in [0.15, 0.2) is 29.4 Å². The van der Waals surface area contributed by atoms with Crippen LogP contribution >= 0.6 is 0 Å². The quantitative estimate of drug-likeness (QED) is 0.646. The van der Waals surface area contributed by atoms with Crippen molar-refractivity contribution in [2.24, 2.45) is 0 Å². The molecule has 21 heavy (non-hydrogen) atoms. The van der Waals surface area contributed by atoms with Crippen LogP contribution in [0.5, 0.6) is 0 Å². The Hall–Kier alpha value is -2.42. The van der Waals surface area contributed by atoms with Gasteiger partial charge in [0.2, 0.25) is 0 Å².